The lowest BCUT2D eigenvalue weighted by molar-refractivity contribution is -0.126. The van der Waals surface area contributed by atoms with Crippen LogP contribution in [0.2, 0.25) is 0 Å². The second kappa shape index (κ2) is 15.1. The van der Waals surface area contributed by atoms with Crippen molar-refractivity contribution in [2.45, 2.75) is 30.7 Å². The molecule has 0 aliphatic carbocycles. The molecular formula is C30H32FN5O4S. The van der Waals surface area contributed by atoms with Gasteiger partial charge < -0.3 is 19.9 Å². The number of hydrogen-bond acceptors (Lipinski definition) is 7. The predicted octanol–water partition coefficient (Wildman–Crippen LogP) is 5.21. The Morgan fingerprint density at radius 3 is 2.63 bits per heavy atom. The molecule has 1 atom stereocenters. The summed E-state index contributed by atoms with van der Waals surface area (Å²) in [6.07, 6.45) is 0.811. The van der Waals surface area contributed by atoms with Crippen molar-refractivity contribution in [2.24, 2.45) is 10.1 Å². The Bertz CT molecular complexity index is 1380. The van der Waals surface area contributed by atoms with Gasteiger partial charge in [0, 0.05) is 48.0 Å². The van der Waals surface area contributed by atoms with Crippen molar-refractivity contribution in [1.29, 1.82) is 0 Å². The van der Waals surface area contributed by atoms with Gasteiger partial charge in [0.2, 0.25) is 5.90 Å². The number of nitrogens with one attached hydrogen (secondary N) is 1. The summed E-state index contributed by atoms with van der Waals surface area (Å²) in [6.45, 7) is 1.12. The summed E-state index contributed by atoms with van der Waals surface area (Å²) in [7, 11) is 0. The molecule has 0 spiro atoms. The van der Waals surface area contributed by atoms with E-state index in [1.54, 1.807) is 36.0 Å². The molecule has 11 heteroatoms. The summed E-state index contributed by atoms with van der Waals surface area (Å²) in [5.74, 6) is 1.88. The molecule has 0 bridgehead atoms. The van der Waals surface area contributed by atoms with E-state index in [4.69, 9.17) is 25.1 Å². The van der Waals surface area contributed by atoms with Gasteiger partial charge in [-0.1, -0.05) is 41.5 Å². The van der Waals surface area contributed by atoms with Crippen LogP contribution in [0.4, 0.5) is 4.39 Å². The first kappa shape index (κ1) is 29.9. The molecule has 0 saturated carbocycles. The number of rotatable bonds is 15. The van der Waals surface area contributed by atoms with E-state index >= 15 is 0 Å². The van der Waals surface area contributed by atoms with Crippen LogP contribution in [0, 0.1) is 5.82 Å². The van der Waals surface area contributed by atoms with Crippen LogP contribution in [0.3, 0.4) is 0 Å². The monoisotopic (exact) mass is 577 g/mol. The molecule has 3 aromatic rings. The van der Waals surface area contributed by atoms with Crippen LogP contribution in [0.5, 0.6) is 5.75 Å². The smallest absolute Gasteiger partial charge is 0.252 e. The van der Waals surface area contributed by atoms with Crippen LogP contribution in [-0.4, -0.2) is 54.6 Å². The zero-order valence-corrected chi connectivity index (χ0v) is 23.4. The highest BCUT2D eigenvalue weighted by Gasteiger charge is 2.44. The first-order valence-corrected chi connectivity index (χ1v) is 14.4. The molecule has 0 radical (unpaired) electrons. The normalized spacial score (nSPS) is 15.9. The van der Waals surface area contributed by atoms with Crippen LogP contribution < -0.4 is 10.1 Å². The molecule has 0 aromatic heterocycles. The second-order valence-corrected chi connectivity index (χ2v) is 10.6. The number of aliphatic imine (C=N–C) groups is 1. The third-order valence-corrected chi connectivity index (χ3v) is 7.51. The minimum Gasteiger partial charge on any atom is -0.494 e. The number of aliphatic hydroxyl groups is 1. The van der Waals surface area contributed by atoms with Gasteiger partial charge in [0.25, 0.3) is 5.91 Å². The van der Waals surface area contributed by atoms with E-state index < -0.39 is 5.54 Å². The Morgan fingerprint density at radius 1 is 1.15 bits per heavy atom. The maximum absolute atomic E-state index is 13.7. The Balaban J connectivity index is 1.48. The number of hydrogen-bond donors (Lipinski definition) is 2. The number of aliphatic hydroxyl groups excluding tert-OH is 1. The highest BCUT2D eigenvalue weighted by Crippen LogP contribution is 2.29. The lowest BCUT2D eigenvalue weighted by Crippen LogP contribution is -2.49. The molecule has 4 rings (SSSR count). The van der Waals surface area contributed by atoms with E-state index in [0.717, 1.165) is 16.7 Å². The van der Waals surface area contributed by atoms with E-state index in [2.05, 4.69) is 15.3 Å². The van der Waals surface area contributed by atoms with Crippen LogP contribution >= 0.6 is 11.8 Å². The van der Waals surface area contributed by atoms with Gasteiger partial charge in [0.05, 0.1) is 13.2 Å². The zero-order valence-electron chi connectivity index (χ0n) is 22.5. The molecule has 9 nitrogen and oxygen atoms in total. The topological polar surface area (TPSA) is 129 Å². The van der Waals surface area contributed by atoms with Crippen LogP contribution in [0.1, 0.15) is 28.7 Å². The SMILES string of the molecule is [N-]=[N+]=NCc1ccccc1C[C@]1(C(=O)NCCSCc2ccc(F)cc2)COC(c2ccc(OCCCO)cc2)=N1. The molecule has 0 saturated heterocycles. The molecule has 41 heavy (non-hydrogen) atoms. The van der Waals surface area contributed by atoms with Gasteiger partial charge in [0.15, 0.2) is 5.54 Å². The summed E-state index contributed by atoms with van der Waals surface area (Å²) < 4.78 is 24.8. The number of nitrogens with zero attached hydrogens (tertiary/aromatic N) is 4. The summed E-state index contributed by atoms with van der Waals surface area (Å²) in [6, 6.07) is 21.1. The van der Waals surface area contributed by atoms with Crippen LogP contribution in [0.25, 0.3) is 10.4 Å². The third kappa shape index (κ3) is 8.47. The van der Waals surface area contributed by atoms with Gasteiger partial charge in [-0.15, -0.1) is 0 Å². The number of carbonyl (C=O) groups excluding carboxylic acids is 1. The maximum atomic E-state index is 13.7. The van der Waals surface area contributed by atoms with Crippen molar-refractivity contribution >= 4 is 23.6 Å². The fraction of sp³-hybridized carbons (Fsp3) is 0.333. The number of thioether (sulfide) groups is 1. The molecule has 1 amide bonds. The Hall–Kier alpha value is -4.05. The zero-order chi connectivity index (χ0) is 28.9. The number of carbonyl (C=O) groups is 1. The standard InChI is InChI=1S/C30H32FN5O4S/c31-26-10-6-22(7-11-26)20-41-17-14-33-29(38)30(18-24-4-1-2-5-25(24)19-34-36-32)21-40-28(35-30)23-8-12-27(13-9-23)39-16-3-15-37/h1-2,4-13,37H,3,14-21H2,(H,33,38)/t30-/m1/s1. The minimum atomic E-state index is -1.21. The molecule has 0 fully saturated rings. The van der Waals surface area contributed by atoms with Gasteiger partial charge in [-0.2, -0.15) is 11.8 Å². The van der Waals surface area contributed by atoms with Crippen LogP contribution in [-0.2, 0) is 28.2 Å². The number of amides is 1. The van der Waals surface area contributed by atoms with Crippen LogP contribution in [0.15, 0.2) is 82.9 Å². The highest BCUT2D eigenvalue weighted by molar-refractivity contribution is 7.98. The fourth-order valence-corrected chi connectivity index (χ4v) is 5.13. The molecule has 1 heterocycles. The first-order valence-electron chi connectivity index (χ1n) is 13.3. The second-order valence-electron chi connectivity index (χ2n) is 9.46. The molecule has 2 N–H and O–H groups in total. The molecule has 214 valence electrons. The quantitative estimate of drug-likeness (QED) is 0.111. The molecule has 0 unspecified atom stereocenters. The number of benzene rings is 3. The Kier molecular flexibility index (Phi) is 11.0. The van der Waals surface area contributed by atoms with Gasteiger partial charge in [-0.05, 0) is 58.6 Å². The first-order chi connectivity index (χ1) is 20.0. The van der Waals surface area contributed by atoms with E-state index in [1.165, 1.54) is 12.1 Å². The van der Waals surface area contributed by atoms with Crippen molar-refractivity contribution in [3.05, 3.63) is 111 Å². The largest absolute Gasteiger partial charge is 0.494 e. The highest BCUT2D eigenvalue weighted by atomic mass is 32.2. The molecular weight excluding hydrogens is 545 g/mol. The van der Waals surface area contributed by atoms with Gasteiger partial charge in [-0.3, -0.25) is 4.79 Å². The van der Waals surface area contributed by atoms with Crippen molar-refractivity contribution in [3.63, 3.8) is 0 Å². The lowest BCUT2D eigenvalue weighted by atomic mass is 9.89. The predicted molar refractivity (Wildman–Crippen MR) is 157 cm³/mol. The average molecular weight is 578 g/mol. The fourth-order valence-electron chi connectivity index (χ4n) is 4.31. The Labute approximate surface area is 242 Å². The number of ether oxygens (including phenoxy) is 2. The van der Waals surface area contributed by atoms with E-state index in [1.807, 2.05) is 36.4 Å². The van der Waals surface area contributed by atoms with E-state index in [-0.39, 0.29) is 37.9 Å². The van der Waals surface area contributed by atoms with Crippen molar-refractivity contribution < 1.29 is 23.8 Å². The van der Waals surface area contributed by atoms with Gasteiger partial charge in [-0.25, -0.2) is 9.38 Å². The summed E-state index contributed by atoms with van der Waals surface area (Å²) in [5.41, 5.74) is 11.0. The van der Waals surface area contributed by atoms with Crippen molar-refractivity contribution in [2.75, 3.05) is 32.1 Å². The molecule has 1 aliphatic heterocycles. The van der Waals surface area contributed by atoms with Gasteiger partial charge >= 0.3 is 0 Å². The number of halogens is 1. The van der Waals surface area contributed by atoms with Crippen molar-refractivity contribution in [3.8, 4) is 5.75 Å². The molecule has 1 aliphatic rings. The average Bonchev–Trinajstić information content (AvgIpc) is 3.43. The number of azide groups is 1. The third-order valence-electron chi connectivity index (χ3n) is 6.48. The van der Waals surface area contributed by atoms with E-state index in [0.29, 0.717) is 48.3 Å². The maximum Gasteiger partial charge on any atom is 0.252 e. The Morgan fingerprint density at radius 2 is 1.90 bits per heavy atom. The lowest BCUT2D eigenvalue weighted by Gasteiger charge is -2.24. The molecule has 3 aromatic carbocycles. The van der Waals surface area contributed by atoms with Crippen molar-refractivity contribution in [1.82, 2.24) is 5.32 Å². The summed E-state index contributed by atoms with van der Waals surface area (Å²) in [4.78, 5) is 21.4. The summed E-state index contributed by atoms with van der Waals surface area (Å²) in [5, 5.41) is 15.7. The van der Waals surface area contributed by atoms with Gasteiger partial charge in [0.1, 0.15) is 18.2 Å². The summed E-state index contributed by atoms with van der Waals surface area (Å²) >= 11 is 1.64. The minimum absolute atomic E-state index is 0.0570. The van der Waals surface area contributed by atoms with E-state index in [9.17, 15) is 9.18 Å².